The number of hydrogen-bond acceptors (Lipinski definition) is 2. The lowest BCUT2D eigenvalue weighted by atomic mass is 9.73. The van der Waals surface area contributed by atoms with Gasteiger partial charge in [-0.05, 0) is 11.8 Å². The maximum Gasteiger partial charge on any atom is 0.392 e. The molecule has 0 aromatic carbocycles. The van der Waals surface area contributed by atoms with Crippen LogP contribution < -0.4 is 0 Å². The number of thiazole rings is 1. The van der Waals surface area contributed by atoms with Gasteiger partial charge < -0.3 is 0 Å². The van der Waals surface area contributed by atoms with Gasteiger partial charge in [0.15, 0.2) is 0 Å². The highest BCUT2D eigenvalue weighted by molar-refractivity contribution is 7.09. The second-order valence-electron chi connectivity index (χ2n) is 4.96. The number of hydrogen-bond donors (Lipinski definition) is 0. The Morgan fingerprint density at radius 3 is 2.41 bits per heavy atom. The van der Waals surface area contributed by atoms with Crippen molar-refractivity contribution in [3.63, 3.8) is 0 Å². The van der Waals surface area contributed by atoms with E-state index >= 15 is 0 Å². The second-order valence-corrected chi connectivity index (χ2v) is 5.94. The normalized spacial score (nSPS) is 14.9. The smallest absolute Gasteiger partial charge is 0.250 e. The van der Waals surface area contributed by atoms with Crippen molar-refractivity contribution in [1.29, 1.82) is 0 Å². The minimum absolute atomic E-state index is 0.00579. The van der Waals surface area contributed by atoms with Crippen molar-refractivity contribution in [3.8, 4) is 0 Å². The lowest BCUT2D eigenvalue weighted by molar-refractivity contribution is -0.203. The largest absolute Gasteiger partial charge is 0.392 e. The zero-order valence-corrected chi connectivity index (χ0v) is 11.2. The van der Waals surface area contributed by atoms with Crippen LogP contribution in [-0.2, 0) is 6.42 Å². The minimum Gasteiger partial charge on any atom is -0.250 e. The third kappa shape index (κ3) is 3.98. The molecule has 5 heteroatoms. The summed E-state index contributed by atoms with van der Waals surface area (Å²) < 4.78 is 39.3. The lowest BCUT2D eigenvalue weighted by Gasteiger charge is -2.35. The molecule has 98 valence electrons. The van der Waals surface area contributed by atoms with Gasteiger partial charge in [0.05, 0.1) is 10.9 Å². The Morgan fingerprint density at radius 2 is 2.00 bits per heavy atom. The Kier molecular flexibility index (Phi) is 4.58. The predicted octanol–water partition coefficient (Wildman–Crippen LogP) is 4.69. The maximum atomic E-state index is 13.1. The molecular formula is C12H18F3NS. The van der Waals surface area contributed by atoms with Crippen LogP contribution in [0.25, 0.3) is 0 Å². The summed E-state index contributed by atoms with van der Waals surface area (Å²) in [5.74, 6) is -1.32. The molecule has 0 saturated carbocycles. The molecule has 1 aromatic rings. The zero-order chi connectivity index (χ0) is 13.1. The molecule has 1 aromatic heterocycles. The average molecular weight is 265 g/mol. The third-order valence-corrected chi connectivity index (χ3v) is 3.90. The van der Waals surface area contributed by atoms with E-state index in [1.165, 1.54) is 11.3 Å². The first-order chi connectivity index (χ1) is 7.77. The molecule has 1 nitrogen and oxygen atoms in total. The van der Waals surface area contributed by atoms with Crippen molar-refractivity contribution >= 4 is 11.3 Å². The first kappa shape index (κ1) is 14.5. The standard InChI is InChI=1S/C12H18F3NS/c1-4-5-11(2,3)9(12(13,14)15)8-10-16-6-7-17-10/h6-7,9H,4-5,8H2,1-3H3. The molecule has 17 heavy (non-hydrogen) atoms. The fourth-order valence-corrected chi connectivity index (χ4v) is 2.85. The zero-order valence-electron chi connectivity index (χ0n) is 10.3. The quantitative estimate of drug-likeness (QED) is 0.752. The first-order valence-corrected chi connectivity index (χ1v) is 6.60. The molecule has 1 heterocycles. The molecule has 0 aliphatic carbocycles. The van der Waals surface area contributed by atoms with Gasteiger partial charge in [-0.3, -0.25) is 0 Å². The Labute approximate surface area is 104 Å². The summed E-state index contributed by atoms with van der Waals surface area (Å²) in [4.78, 5) is 3.96. The van der Waals surface area contributed by atoms with Crippen LogP contribution in [0.1, 0.15) is 38.6 Å². The molecule has 0 aliphatic heterocycles. The van der Waals surface area contributed by atoms with E-state index in [1.54, 1.807) is 25.4 Å². The predicted molar refractivity (Wildman–Crippen MR) is 64.1 cm³/mol. The second kappa shape index (κ2) is 5.38. The van der Waals surface area contributed by atoms with Crippen LogP contribution in [0.5, 0.6) is 0 Å². The van der Waals surface area contributed by atoms with Gasteiger partial charge in [0, 0.05) is 18.0 Å². The summed E-state index contributed by atoms with van der Waals surface area (Å²) in [7, 11) is 0. The van der Waals surface area contributed by atoms with Crippen molar-refractivity contribution < 1.29 is 13.2 Å². The molecule has 0 N–H and O–H groups in total. The van der Waals surface area contributed by atoms with Crippen LogP contribution in [-0.4, -0.2) is 11.2 Å². The van der Waals surface area contributed by atoms with Gasteiger partial charge in [-0.2, -0.15) is 13.2 Å². The summed E-state index contributed by atoms with van der Waals surface area (Å²) in [5, 5.41) is 2.28. The maximum absolute atomic E-state index is 13.1. The van der Waals surface area contributed by atoms with E-state index in [0.717, 1.165) is 6.42 Å². The Balaban J connectivity index is 2.88. The van der Waals surface area contributed by atoms with E-state index in [9.17, 15) is 13.2 Å². The van der Waals surface area contributed by atoms with Crippen LogP contribution in [0.2, 0.25) is 0 Å². The van der Waals surface area contributed by atoms with E-state index in [0.29, 0.717) is 11.4 Å². The van der Waals surface area contributed by atoms with Crippen molar-refractivity contribution in [2.45, 2.75) is 46.2 Å². The molecule has 0 fully saturated rings. The Bertz CT molecular complexity index is 330. The van der Waals surface area contributed by atoms with Crippen LogP contribution in [0, 0.1) is 11.3 Å². The van der Waals surface area contributed by atoms with Crippen molar-refractivity contribution in [2.24, 2.45) is 11.3 Å². The molecule has 1 atom stereocenters. The molecule has 0 aliphatic rings. The molecule has 1 rings (SSSR count). The van der Waals surface area contributed by atoms with Gasteiger partial charge in [-0.15, -0.1) is 11.3 Å². The molecule has 0 amide bonds. The van der Waals surface area contributed by atoms with E-state index in [-0.39, 0.29) is 6.42 Å². The summed E-state index contributed by atoms with van der Waals surface area (Å²) in [6, 6.07) is 0. The highest BCUT2D eigenvalue weighted by Gasteiger charge is 2.48. The number of aromatic nitrogens is 1. The van der Waals surface area contributed by atoms with Crippen molar-refractivity contribution in [2.75, 3.05) is 0 Å². The molecular weight excluding hydrogens is 247 g/mol. The van der Waals surface area contributed by atoms with Gasteiger partial charge in [0.1, 0.15) is 0 Å². The van der Waals surface area contributed by atoms with Crippen molar-refractivity contribution in [3.05, 3.63) is 16.6 Å². The molecule has 1 unspecified atom stereocenters. The average Bonchev–Trinajstić information content (AvgIpc) is 2.64. The SMILES string of the molecule is CCCC(C)(C)C(Cc1nccs1)C(F)(F)F. The van der Waals surface area contributed by atoms with Gasteiger partial charge in [-0.25, -0.2) is 4.98 Å². The topological polar surface area (TPSA) is 12.9 Å². The summed E-state index contributed by atoms with van der Waals surface area (Å²) in [5.41, 5.74) is -0.737. The minimum atomic E-state index is -4.16. The van der Waals surface area contributed by atoms with Crippen LogP contribution in [0.4, 0.5) is 13.2 Å². The van der Waals surface area contributed by atoms with Gasteiger partial charge in [0.25, 0.3) is 0 Å². The van der Waals surface area contributed by atoms with E-state index in [4.69, 9.17) is 0 Å². The Hall–Kier alpha value is -0.580. The number of nitrogens with zero attached hydrogens (tertiary/aromatic N) is 1. The first-order valence-electron chi connectivity index (χ1n) is 5.72. The van der Waals surface area contributed by atoms with E-state index in [2.05, 4.69) is 4.98 Å². The molecule has 0 radical (unpaired) electrons. The van der Waals surface area contributed by atoms with E-state index in [1.807, 2.05) is 6.92 Å². The summed E-state index contributed by atoms with van der Waals surface area (Å²) in [6.45, 7) is 5.31. The Morgan fingerprint density at radius 1 is 1.35 bits per heavy atom. The van der Waals surface area contributed by atoms with Crippen LogP contribution in [0.15, 0.2) is 11.6 Å². The third-order valence-electron chi connectivity index (χ3n) is 3.09. The monoisotopic (exact) mass is 265 g/mol. The molecule has 0 spiro atoms. The van der Waals surface area contributed by atoms with E-state index < -0.39 is 17.5 Å². The van der Waals surface area contributed by atoms with Crippen LogP contribution >= 0.6 is 11.3 Å². The van der Waals surface area contributed by atoms with Gasteiger partial charge >= 0.3 is 6.18 Å². The number of rotatable bonds is 5. The van der Waals surface area contributed by atoms with Crippen LogP contribution in [0.3, 0.4) is 0 Å². The summed E-state index contributed by atoms with van der Waals surface area (Å²) >= 11 is 1.29. The molecule has 0 bridgehead atoms. The van der Waals surface area contributed by atoms with Crippen molar-refractivity contribution in [1.82, 2.24) is 4.98 Å². The number of alkyl halides is 3. The van der Waals surface area contributed by atoms with Gasteiger partial charge in [0.2, 0.25) is 0 Å². The lowest BCUT2D eigenvalue weighted by Crippen LogP contribution is -2.38. The highest BCUT2D eigenvalue weighted by atomic mass is 32.1. The summed E-state index contributed by atoms with van der Waals surface area (Å²) in [6.07, 6.45) is -1.28. The molecule has 0 saturated heterocycles. The number of halogens is 3. The van der Waals surface area contributed by atoms with Gasteiger partial charge in [-0.1, -0.05) is 27.2 Å². The highest BCUT2D eigenvalue weighted by Crippen LogP contribution is 2.44. The fourth-order valence-electron chi connectivity index (χ4n) is 2.18. The fraction of sp³-hybridized carbons (Fsp3) is 0.750.